The quantitative estimate of drug-likeness (QED) is 0.0381. The number of hydrogen-bond acceptors (Lipinski definition) is 21. The molecule has 12 aromatic carbocycles. The normalized spacial score (nSPS) is 16.3. The zero-order valence-corrected chi connectivity index (χ0v) is 62.8. The second-order valence-corrected chi connectivity index (χ2v) is 34.4. The highest BCUT2D eigenvalue weighted by Crippen LogP contribution is 2.79. The standard InChI is InChI=1S/C72H54Br3N3O18P6/c73-55-31-37-64(38-32-55)82-97(85-67-43-49-70(50-44-67)94-100(79,88-58-19-7-1-8-20-58)89-59-21-9-2-10-22-59)76-98(83-65-39-33-56(74)34-40-65,86-68-45-51-71(52-46-68)95-101(80,90-60-23-11-3-12-24-60)91-61-25-13-4-14-26-61)78-99(77-97,84-66-41-35-57(75)36-42-66)87-69-47-53-72(54-48-69)96-102(81,92-62-27-15-5-16-28-62)93-63-29-17-6-18-30-63/h1-54H. The van der Waals surface area contributed by atoms with Crippen LogP contribution in [0.2, 0.25) is 0 Å². The van der Waals surface area contributed by atoms with E-state index in [9.17, 15) is 13.7 Å². The molecule has 1 aliphatic rings. The summed E-state index contributed by atoms with van der Waals surface area (Å²) in [7, 11) is -27.4. The van der Waals surface area contributed by atoms with Crippen LogP contribution in [0.5, 0.6) is 86.2 Å². The molecule has 0 saturated heterocycles. The number of hydrogen-bond donors (Lipinski definition) is 0. The first-order valence-electron chi connectivity index (χ1n) is 30.5. The molecule has 0 fully saturated rings. The predicted octanol–water partition coefficient (Wildman–Crippen LogP) is 25.5. The average Bonchev–Trinajstić information content (AvgIpc) is 0.729. The Bertz CT molecular complexity index is 4460. The van der Waals surface area contributed by atoms with Crippen LogP contribution in [0.25, 0.3) is 0 Å². The van der Waals surface area contributed by atoms with E-state index in [1.165, 1.54) is 72.8 Å². The Morgan fingerprint density at radius 2 is 0.314 bits per heavy atom. The molecule has 12 aromatic rings. The minimum atomic E-state index is -4.63. The molecule has 1 aliphatic heterocycles. The van der Waals surface area contributed by atoms with Gasteiger partial charge in [0.1, 0.15) is 86.2 Å². The van der Waals surface area contributed by atoms with E-state index in [4.69, 9.17) is 81.4 Å². The summed E-state index contributed by atoms with van der Waals surface area (Å²) in [6, 6.07) is 88.9. The largest absolute Gasteiger partial charge is 0.647 e. The fraction of sp³-hybridized carbons (Fsp3) is 0. The van der Waals surface area contributed by atoms with Gasteiger partial charge in [-0.15, -0.1) is 0 Å². The molecule has 0 radical (unpaired) electrons. The van der Waals surface area contributed by atoms with E-state index in [0.29, 0.717) is 13.4 Å². The molecule has 30 heteroatoms. The van der Waals surface area contributed by atoms with E-state index in [1.807, 2.05) is 0 Å². The van der Waals surface area contributed by atoms with Gasteiger partial charge in [0.2, 0.25) is 0 Å². The first-order chi connectivity index (χ1) is 49.5. The number of phosphoric ester groups is 3. The first-order valence-corrected chi connectivity index (χ1v) is 41.9. The summed E-state index contributed by atoms with van der Waals surface area (Å²) in [4.78, 5) is 0. The van der Waals surface area contributed by atoms with Gasteiger partial charge in [0.05, 0.1) is 0 Å². The summed E-state index contributed by atoms with van der Waals surface area (Å²) in [6.45, 7) is 0. The number of rotatable bonds is 30. The lowest BCUT2D eigenvalue weighted by atomic mass is 10.3. The van der Waals surface area contributed by atoms with Crippen molar-refractivity contribution in [2.24, 2.45) is 13.5 Å². The minimum absolute atomic E-state index is 0.0304. The van der Waals surface area contributed by atoms with E-state index in [-0.39, 0.29) is 86.2 Å². The van der Waals surface area contributed by atoms with Gasteiger partial charge in [0.15, 0.2) is 0 Å². The summed E-state index contributed by atoms with van der Waals surface area (Å²) < 4.78 is 159. The van der Waals surface area contributed by atoms with E-state index in [0.717, 1.165) is 0 Å². The third kappa shape index (κ3) is 19.7. The first kappa shape index (κ1) is 70.9. The number of benzene rings is 12. The van der Waals surface area contributed by atoms with Crippen LogP contribution in [0.3, 0.4) is 0 Å². The highest BCUT2D eigenvalue weighted by atomic mass is 79.9. The highest BCUT2D eigenvalue weighted by molar-refractivity contribution is 9.11. The lowest BCUT2D eigenvalue weighted by Gasteiger charge is -2.33. The van der Waals surface area contributed by atoms with Crippen LogP contribution in [-0.4, -0.2) is 0 Å². The fourth-order valence-corrected chi connectivity index (χ4v) is 22.6. The van der Waals surface area contributed by atoms with E-state index < -0.39 is 46.4 Å². The van der Waals surface area contributed by atoms with Gasteiger partial charge in [-0.25, -0.2) is 0 Å². The summed E-state index contributed by atoms with van der Waals surface area (Å²) in [5.74, 6) is 2.09. The molecule has 102 heavy (non-hydrogen) atoms. The summed E-state index contributed by atoms with van der Waals surface area (Å²) in [5, 5.41) is 0. The molecule has 0 amide bonds. The molecule has 0 saturated carbocycles. The van der Waals surface area contributed by atoms with Gasteiger partial charge in [-0.2, -0.15) is 13.7 Å². The van der Waals surface area contributed by atoms with Gasteiger partial charge in [-0.05, 0) is 218 Å². The average molecular weight is 1670 g/mol. The van der Waals surface area contributed by atoms with Gasteiger partial charge in [-0.3, -0.25) is 0 Å². The summed E-state index contributed by atoms with van der Waals surface area (Å²) >= 11 is 10.7. The Kier molecular flexibility index (Phi) is 22.4. The lowest BCUT2D eigenvalue weighted by molar-refractivity contribution is 0.296. The van der Waals surface area contributed by atoms with Crippen molar-refractivity contribution >= 4 is 94.2 Å². The molecule has 1 heterocycles. The molecule has 13 rings (SSSR count). The van der Waals surface area contributed by atoms with Gasteiger partial charge in [-0.1, -0.05) is 171 Å². The second-order valence-electron chi connectivity index (χ2n) is 21.1. The van der Waals surface area contributed by atoms with Gasteiger partial charge < -0.3 is 67.9 Å². The number of phosphoric acid groups is 3. The topological polar surface area (TPSA) is 227 Å². The maximum absolute atomic E-state index is 14.7. The van der Waals surface area contributed by atoms with Crippen LogP contribution in [0.4, 0.5) is 0 Å². The highest BCUT2D eigenvalue weighted by Gasteiger charge is 2.49. The predicted molar refractivity (Wildman–Crippen MR) is 401 cm³/mol. The van der Waals surface area contributed by atoms with Crippen molar-refractivity contribution < 1.29 is 81.6 Å². The third-order valence-corrected chi connectivity index (χ3v) is 27.0. The van der Waals surface area contributed by atoms with Crippen LogP contribution in [0.1, 0.15) is 0 Å². The number of nitrogens with zero attached hydrogens (tertiary/aromatic N) is 3. The zero-order valence-electron chi connectivity index (χ0n) is 52.7. The number of para-hydroxylation sites is 6. The molecular weight excluding hydrogens is 1620 g/mol. The fourth-order valence-electron chi connectivity index (χ4n) is 8.97. The van der Waals surface area contributed by atoms with E-state index in [1.54, 1.807) is 255 Å². The van der Waals surface area contributed by atoms with E-state index in [2.05, 4.69) is 47.8 Å². The molecular formula is C72H54Br3N3O18P6. The van der Waals surface area contributed by atoms with Crippen molar-refractivity contribution in [1.29, 1.82) is 0 Å². The monoisotopic (exact) mass is 1670 g/mol. The minimum Gasteiger partial charge on any atom is -0.413 e. The summed E-state index contributed by atoms with van der Waals surface area (Å²) in [6.07, 6.45) is 0. The number of halogens is 3. The van der Waals surface area contributed by atoms with Crippen LogP contribution >= 0.6 is 94.2 Å². The van der Waals surface area contributed by atoms with Crippen molar-refractivity contribution in [2.75, 3.05) is 0 Å². The molecule has 0 N–H and O–H groups in total. The molecule has 0 unspecified atom stereocenters. The van der Waals surface area contributed by atoms with Crippen molar-refractivity contribution in [3.63, 3.8) is 0 Å². The Balaban J connectivity index is 0.962. The van der Waals surface area contributed by atoms with Crippen LogP contribution in [0.15, 0.2) is 355 Å². The summed E-state index contributed by atoms with van der Waals surface area (Å²) in [5.41, 5.74) is 0. The van der Waals surface area contributed by atoms with Gasteiger partial charge >= 0.3 is 46.4 Å². The van der Waals surface area contributed by atoms with Crippen molar-refractivity contribution in [2.45, 2.75) is 0 Å². The van der Waals surface area contributed by atoms with Crippen LogP contribution in [-0.2, 0) is 13.7 Å². The van der Waals surface area contributed by atoms with Crippen LogP contribution < -0.4 is 67.9 Å². The molecule has 21 nitrogen and oxygen atoms in total. The second kappa shape index (κ2) is 32.2. The maximum Gasteiger partial charge on any atom is 0.647 e. The maximum atomic E-state index is 14.7. The molecule has 0 bridgehead atoms. The van der Waals surface area contributed by atoms with Crippen molar-refractivity contribution in [3.8, 4) is 86.2 Å². The molecule has 0 aromatic heterocycles. The SMILES string of the molecule is O=P(Oc1ccccc1)(Oc1ccccc1)Oc1ccc(OP2(Oc3ccc(Br)cc3)=NP(Oc3ccc(Br)cc3)(Oc3ccc(OP(=O)(Oc4ccccc4)Oc4ccccc4)cc3)=NP(Oc3ccc(Br)cc3)(Oc3ccc(OP(=O)(Oc4ccccc4)Oc4ccccc4)cc3)=N2)cc1. The zero-order chi connectivity index (χ0) is 70.3. The molecule has 516 valence electrons. The van der Waals surface area contributed by atoms with Crippen molar-refractivity contribution in [3.05, 3.63) is 341 Å². The van der Waals surface area contributed by atoms with Crippen LogP contribution in [0, 0.1) is 0 Å². The smallest absolute Gasteiger partial charge is 0.413 e. The molecule has 0 spiro atoms. The Hall–Kier alpha value is -9.54. The third-order valence-electron chi connectivity index (χ3n) is 13.4. The Labute approximate surface area is 612 Å². The lowest BCUT2D eigenvalue weighted by Crippen LogP contribution is -2.11. The Morgan fingerprint density at radius 3 is 0.471 bits per heavy atom. The Morgan fingerprint density at radius 1 is 0.186 bits per heavy atom. The van der Waals surface area contributed by atoms with Crippen molar-refractivity contribution in [1.82, 2.24) is 0 Å². The molecule has 0 aliphatic carbocycles. The molecule has 0 atom stereocenters. The van der Waals surface area contributed by atoms with Gasteiger partial charge in [0, 0.05) is 13.4 Å². The van der Waals surface area contributed by atoms with Gasteiger partial charge in [0.25, 0.3) is 0 Å². The van der Waals surface area contributed by atoms with E-state index >= 15 is 0 Å².